The first kappa shape index (κ1) is 14.3. The summed E-state index contributed by atoms with van der Waals surface area (Å²) in [4.78, 5) is 12.3. The van der Waals surface area contributed by atoms with Gasteiger partial charge in [-0.1, -0.05) is 12.1 Å². The highest BCUT2D eigenvalue weighted by Gasteiger charge is 2.53. The molecule has 0 spiro atoms. The fourth-order valence-electron chi connectivity index (χ4n) is 5.67. The van der Waals surface area contributed by atoms with Gasteiger partial charge in [-0.3, -0.25) is 4.79 Å². The second kappa shape index (κ2) is 5.38. The number of aryl methyl sites for hydroxylation is 1. The number of quaternary nitrogens is 1. The summed E-state index contributed by atoms with van der Waals surface area (Å²) in [7, 11) is 0. The second-order valence-corrected chi connectivity index (χ2v) is 8.11. The SMILES string of the molecule is Cc1cccc(NC(=O)C[NH2+]C23CC4CC(CC(C4)C2)C3)c1. The largest absolute Gasteiger partial charge is 0.334 e. The molecule has 0 heterocycles. The minimum Gasteiger partial charge on any atom is -0.334 e. The zero-order chi connectivity index (χ0) is 15.2. The predicted molar refractivity (Wildman–Crippen MR) is 87.5 cm³/mol. The molecule has 4 aliphatic carbocycles. The topological polar surface area (TPSA) is 45.7 Å². The maximum Gasteiger partial charge on any atom is 0.279 e. The van der Waals surface area contributed by atoms with Crippen LogP contribution in [0.25, 0.3) is 0 Å². The van der Waals surface area contributed by atoms with E-state index in [1.165, 1.54) is 44.1 Å². The summed E-state index contributed by atoms with van der Waals surface area (Å²) >= 11 is 0. The number of anilines is 1. The Labute approximate surface area is 132 Å². The molecule has 0 atom stereocenters. The lowest BCUT2D eigenvalue weighted by Gasteiger charge is -2.54. The third-order valence-electron chi connectivity index (χ3n) is 6.11. The van der Waals surface area contributed by atoms with E-state index in [1.54, 1.807) is 0 Å². The smallest absolute Gasteiger partial charge is 0.279 e. The summed E-state index contributed by atoms with van der Waals surface area (Å²) in [5, 5.41) is 5.42. The van der Waals surface area contributed by atoms with Gasteiger partial charge in [-0.05, 0) is 61.6 Å². The van der Waals surface area contributed by atoms with E-state index in [1.807, 2.05) is 18.2 Å². The molecule has 0 unspecified atom stereocenters. The second-order valence-electron chi connectivity index (χ2n) is 8.11. The van der Waals surface area contributed by atoms with Crippen LogP contribution in [-0.2, 0) is 4.79 Å². The van der Waals surface area contributed by atoms with E-state index in [4.69, 9.17) is 0 Å². The molecule has 4 saturated carbocycles. The van der Waals surface area contributed by atoms with Gasteiger partial charge in [-0.25, -0.2) is 0 Å². The van der Waals surface area contributed by atoms with Crippen molar-refractivity contribution in [1.82, 2.24) is 0 Å². The van der Waals surface area contributed by atoms with Gasteiger partial charge in [0.15, 0.2) is 6.54 Å². The molecular formula is C19H27N2O+. The predicted octanol–water partition coefficient (Wildman–Crippen LogP) is 2.47. The van der Waals surface area contributed by atoms with Crippen LogP contribution in [0.4, 0.5) is 5.69 Å². The molecule has 1 amide bonds. The molecule has 0 saturated heterocycles. The Kier molecular flexibility index (Phi) is 3.48. The van der Waals surface area contributed by atoms with Crippen LogP contribution < -0.4 is 10.6 Å². The highest BCUT2D eigenvalue weighted by molar-refractivity contribution is 5.91. The van der Waals surface area contributed by atoms with E-state index in [2.05, 4.69) is 23.6 Å². The molecule has 22 heavy (non-hydrogen) atoms. The molecule has 4 fully saturated rings. The summed E-state index contributed by atoms with van der Waals surface area (Å²) in [6.45, 7) is 2.62. The van der Waals surface area contributed by atoms with Gasteiger partial charge in [0.05, 0.1) is 5.54 Å². The van der Waals surface area contributed by atoms with Crippen molar-refractivity contribution >= 4 is 11.6 Å². The number of nitrogens with one attached hydrogen (secondary N) is 1. The van der Waals surface area contributed by atoms with Gasteiger partial charge in [0, 0.05) is 24.9 Å². The molecule has 3 N–H and O–H groups in total. The lowest BCUT2D eigenvalue weighted by atomic mass is 9.53. The molecule has 0 aromatic heterocycles. The zero-order valence-electron chi connectivity index (χ0n) is 13.5. The molecule has 5 rings (SSSR count). The standard InChI is InChI=1S/C19H26N2O/c1-13-3-2-4-17(5-13)21-18(22)12-20-19-9-14-6-15(10-19)8-16(7-14)11-19/h2-5,14-16,20H,6-12H2,1H3,(H,21,22)/p+1. The lowest BCUT2D eigenvalue weighted by Crippen LogP contribution is -3.00. The zero-order valence-corrected chi connectivity index (χ0v) is 13.5. The van der Waals surface area contributed by atoms with Crippen LogP contribution in [0.5, 0.6) is 0 Å². The van der Waals surface area contributed by atoms with Gasteiger partial charge in [-0.2, -0.15) is 0 Å². The summed E-state index contributed by atoms with van der Waals surface area (Å²) in [6, 6.07) is 8.04. The van der Waals surface area contributed by atoms with Crippen LogP contribution in [0, 0.1) is 24.7 Å². The van der Waals surface area contributed by atoms with E-state index in [0.29, 0.717) is 12.1 Å². The van der Waals surface area contributed by atoms with E-state index in [9.17, 15) is 4.79 Å². The summed E-state index contributed by atoms with van der Waals surface area (Å²) in [6.07, 6.45) is 8.41. The van der Waals surface area contributed by atoms with Crippen molar-refractivity contribution in [2.24, 2.45) is 17.8 Å². The molecule has 1 aromatic carbocycles. The van der Waals surface area contributed by atoms with Crippen LogP contribution in [-0.4, -0.2) is 18.0 Å². The van der Waals surface area contributed by atoms with Crippen molar-refractivity contribution in [3.63, 3.8) is 0 Å². The van der Waals surface area contributed by atoms with Gasteiger partial charge < -0.3 is 10.6 Å². The Morgan fingerprint density at radius 2 is 1.82 bits per heavy atom. The van der Waals surface area contributed by atoms with Gasteiger partial charge in [0.1, 0.15) is 0 Å². The van der Waals surface area contributed by atoms with Crippen molar-refractivity contribution in [1.29, 1.82) is 0 Å². The molecule has 4 aliphatic rings. The number of rotatable bonds is 4. The van der Waals surface area contributed by atoms with Crippen LogP contribution in [0.3, 0.4) is 0 Å². The molecule has 1 aromatic rings. The van der Waals surface area contributed by atoms with E-state index in [-0.39, 0.29) is 5.91 Å². The minimum atomic E-state index is 0.140. The first-order valence-corrected chi connectivity index (χ1v) is 8.81. The summed E-state index contributed by atoms with van der Waals surface area (Å²) in [5.41, 5.74) is 2.49. The molecule has 0 radical (unpaired) electrons. The monoisotopic (exact) mass is 299 g/mol. The number of carbonyl (C=O) groups excluding carboxylic acids is 1. The molecule has 118 valence electrons. The highest BCUT2D eigenvalue weighted by Crippen LogP contribution is 2.54. The fourth-order valence-corrected chi connectivity index (χ4v) is 5.67. The van der Waals surface area contributed by atoms with Crippen molar-refractivity contribution in [2.45, 2.75) is 51.0 Å². The normalized spacial score (nSPS) is 35.6. The Morgan fingerprint density at radius 1 is 1.18 bits per heavy atom. The van der Waals surface area contributed by atoms with Crippen molar-refractivity contribution in [3.8, 4) is 0 Å². The lowest BCUT2D eigenvalue weighted by molar-refractivity contribution is -0.729. The first-order chi connectivity index (χ1) is 10.6. The molecular weight excluding hydrogens is 272 g/mol. The molecule has 3 nitrogen and oxygen atoms in total. The van der Waals surface area contributed by atoms with E-state index >= 15 is 0 Å². The fraction of sp³-hybridized carbons (Fsp3) is 0.632. The summed E-state index contributed by atoms with van der Waals surface area (Å²) in [5.74, 6) is 2.98. The Hall–Kier alpha value is -1.35. The van der Waals surface area contributed by atoms with Crippen molar-refractivity contribution < 1.29 is 10.1 Å². The van der Waals surface area contributed by atoms with Crippen LogP contribution >= 0.6 is 0 Å². The maximum atomic E-state index is 12.3. The summed E-state index contributed by atoms with van der Waals surface area (Å²) < 4.78 is 0. The van der Waals surface area contributed by atoms with E-state index < -0.39 is 0 Å². The van der Waals surface area contributed by atoms with Gasteiger partial charge in [0.2, 0.25) is 0 Å². The number of amides is 1. The van der Waals surface area contributed by atoms with E-state index in [0.717, 1.165) is 23.4 Å². The first-order valence-electron chi connectivity index (χ1n) is 8.81. The Bertz CT molecular complexity index is 545. The van der Waals surface area contributed by atoms with Gasteiger partial charge in [0.25, 0.3) is 5.91 Å². The number of hydrogen-bond acceptors (Lipinski definition) is 1. The maximum absolute atomic E-state index is 12.3. The quantitative estimate of drug-likeness (QED) is 0.881. The van der Waals surface area contributed by atoms with Crippen molar-refractivity contribution in [3.05, 3.63) is 29.8 Å². The van der Waals surface area contributed by atoms with Crippen LogP contribution in [0.1, 0.15) is 44.1 Å². The highest BCUT2D eigenvalue weighted by atomic mass is 16.1. The Morgan fingerprint density at radius 3 is 2.41 bits per heavy atom. The number of benzene rings is 1. The molecule has 4 bridgehead atoms. The minimum absolute atomic E-state index is 0.140. The number of hydrogen-bond donors (Lipinski definition) is 2. The van der Waals surface area contributed by atoms with Gasteiger partial charge >= 0.3 is 0 Å². The van der Waals surface area contributed by atoms with Crippen molar-refractivity contribution in [2.75, 3.05) is 11.9 Å². The number of nitrogens with two attached hydrogens (primary N) is 1. The third-order valence-corrected chi connectivity index (χ3v) is 6.11. The third kappa shape index (κ3) is 2.79. The Balaban J connectivity index is 1.35. The average Bonchev–Trinajstić information content (AvgIpc) is 2.44. The van der Waals surface area contributed by atoms with Crippen LogP contribution in [0.15, 0.2) is 24.3 Å². The molecule has 3 heteroatoms. The van der Waals surface area contributed by atoms with Crippen LogP contribution in [0.2, 0.25) is 0 Å². The van der Waals surface area contributed by atoms with Gasteiger partial charge in [-0.15, -0.1) is 0 Å². The molecule has 0 aliphatic heterocycles. The number of carbonyl (C=O) groups is 1. The average molecular weight is 299 g/mol.